The van der Waals surface area contributed by atoms with Crippen molar-refractivity contribution in [1.29, 1.82) is 0 Å². The van der Waals surface area contributed by atoms with E-state index in [1.807, 2.05) is 11.8 Å². The van der Waals surface area contributed by atoms with Crippen molar-refractivity contribution in [2.24, 2.45) is 5.92 Å². The number of hydrogen-bond donors (Lipinski definition) is 1. The number of carbonyl (C=O) groups is 2. The normalized spacial score (nSPS) is 23.6. The number of nitrogens with zero attached hydrogens (tertiary/aromatic N) is 2. The second-order valence-electron chi connectivity index (χ2n) is 5.45. The summed E-state index contributed by atoms with van der Waals surface area (Å²) in [5, 5.41) is 2.88. The predicted molar refractivity (Wildman–Crippen MR) is 75.4 cm³/mol. The second-order valence-corrected chi connectivity index (χ2v) is 5.45. The molecule has 114 valence electrons. The average Bonchev–Trinajstić information content (AvgIpc) is 2.52. The first-order valence-corrected chi connectivity index (χ1v) is 7.61. The van der Waals surface area contributed by atoms with E-state index in [4.69, 9.17) is 4.74 Å². The van der Waals surface area contributed by atoms with Crippen molar-refractivity contribution >= 4 is 11.9 Å². The lowest BCUT2D eigenvalue weighted by atomic mass is 9.96. The molecule has 1 atom stereocenters. The Hall–Kier alpha value is -1.30. The Morgan fingerprint density at radius 2 is 1.95 bits per heavy atom. The SMILES string of the molecule is CCCNC(=O)N1CCCC(C(=O)N2CCOCC2)C1. The maximum Gasteiger partial charge on any atom is 0.317 e. The van der Waals surface area contributed by atoms with Crippen molar-refractivity contribution in [2.45, 2.75) is 26.2 Å². The third-order valence-electron chi connectivity index (χ3n) is 3.91. The lowest BCUT2D eigenvalue weighted by molar-refractivity contribution is -0.141. The van der Waals surface area contributed by atoms with Crippen LogP contribution in [0.15, 0.2) is 0 Å². The molecule has 0 aromatic heterocycles. The van der Waals surface area contributed by atoms with Gasteiger partial charge in [0, 0.05) is 32.7 Å². The molecule has 20 heavy (non-hydrogen) atoms. The molecule has 3 amide bonds. The van der Waals surface area contributed by atoms with Crippen LogP contribution in [0, 0.1) is 5.92 Å². The Morgan fingerprint density at radius 3 is 2.65 bits per heavy atom. The summed E-state index contributed by atoms with van der Waals surface area (Å²) < 4.78 is 5.27. The highest BCUT2D eigenvalue weighted by molar-refractivity contribution is 5.81. The van der Waals surface area contributed by atoms with Crippen molar-refractivity contribution in [2.75, 3.05) is 45.9 Å². The molecule has 2 fully saturated rings. The van der Waals surface area contributed by atoms with Gasteiger partial charge in [0.2, 0.25) is 5.91 Å². The highest BCUT2D eigenvalue weighted by Crippen LogP contribution is 2.19. The van der Waals surface area contributed by atoms with Crippen LogP contribution in [0.5, 0.6) is 0 Å². The smallest absolute Gasteiger partial charge is 0.317 e. The number of rotatable bonds is 3. The third-order valence-corrected chi connectivity index (χ3v) is 3.91. The Morgan fingerprint density at radius 1 is 1.20 bits per heavy atom. The van der Waals surface area contributed by atoms with Gasteiger partial charge in [0.15, 0.2) is 0 Å². The summed E-state index contributed by atoms with van der Waals surface area (Å²) in [6, 6.07) is -0.0358. The van der Waals surface area contributed by atoms with Gasteiger partial charge in [-0.1, -0.05) is 6.92 Å². The maximum absolute atomic E-state index is 12.4. The number of urea groups is 1. The third kappa shape index (κ3) is 3.85. The van der Waals surface area contributed by atoms with Crippen LogP contribution < -0.4 is 5.32 Å². The minimum absolute atomic E-state index is 0.0358. The van der Waals surface area contributed by atoms with Crippen LogP contribution in [0.3, 0.4) is 0 Å². The highest BCUT2D eigenvalue weighted by atomic mass is 16.5. The summed E-state index contributed by atoms with van der Waals surface area (Å²) in [5.74, 6) is 0.135. The number of hydrogen-bond acceptors (Lipinski definition) is 3. The summed E-state index contributed by atoms with van der Waals surface area (Å²) in [4.78, 5) is 28.1. The average molecular weight is 283 g/mol. The number of amides is 3. The number of ether oxygens (including phenoxy) is 1. The second kappa shape index (κ2) is 7.47. The molecule has 6 heteroatoms. The number of likely N-dealkylation sites (tertiary alicyclic amines) is 1. The standard InChI is InChI=1S/C14H25N3O3/c1-2-5-15-14(19)17-6-3-4-12(11-17)13(18)16-7-9-20-10-8-16/h12H,2-11H2,1H3,(H,15,19). The monoisotopic (exact) mass is 283 g/mol. The number of carbonyl (C=O) groups excluding carboxylic acids is 2. The summed E-state index contributed by atoms with van der Waals surface area (Å²) in [5.41, 5.74) is 0. The van der Waals surface area contributed by atoms with E-state index < -0.39 is 0 Å². The van der Waals surface area contributed by atoms with E-state index in [1.54, 1.807) is 4.90 Å². The number of piperidine rings is 1. The fraction of sp³-hybridized carbons (Fsp3) is 0.857. The van der Waals surface area contributed by atoms with Crippen LogP contribution in [-0.4, -0.2) is 67.7 Å². The zero-order chi connectivity index (χ0) is 14.4. The molecule has 0 aliphatic carbocycles. The van der Waals surface area contributed by atoms with Gasteiger partial charge in [-0.05, 0) is 19.3 Å². The molecule has 0 aromatic rings. The lowest BCUT2D eigenvalue weighted by Gasteiger charge is -2.36. The molecule has 1 unspecified atom stereocenters. The molecule has 0 aromatic carbocycles. The molecule has 2 aliphatic rings. The molecule has 2 heterocycles. The zero-order valence-electron chi connectivity index (χ0n) is 12.3. The highest BCUT2D eigenvalue weighted by Gasteiger charge is 2.31. The van der Waals surface area contributed by atoms with Crippen LogP contribution in [0.2, 0.25) is 0 Å². The molecule has 2 aliphatic heterocycles. The van der Waals surface area contributed by atoms with Gasteiger partial charge in [0.1, 0.15) is 0 Å². The van der Waals surface area contributed by atoms with Crippen molar-refractivity contribution < 1.29 is 14.3 Å². The summed E-state index contributed by atoms with van der Waals surface area (Å²) >= 11 is 0. The van der Waals surface area contributed by atoms with Gasteiger partial charge in [-0.25, -0.2) is 4.79 Å². The van der Waals surface area contributed by atoms with Gasteiger partial charge < -0.3 is 19.9 Å². The van der Waals surface area contributed by atoms with Gasteiger partial charge in [0.25, 0.3) is 0 Å². The van der Waals surface area contributed by atoms with Crippen LogP contribution in [0.4, 0.5) is 4.79 Å². The molecular formula is C14H25N3O3. The molecule has 2 saturated heterocycles. The van der Waals surface area contributed by atoms with Crippen LogP contribution in [-0.2, 0) is 9.53 Å². The molecule has 0 saturated carbocycles. The van der Waals surface area contributed by atoms with E-state index in [-0.39, 0.29) is 17.9 Å². The van der Waals surface area contributed by atoms with Crippen molar-refractivity contribution in [1.82, 2.24) is 15.1 Å². The molecule has 0 spiro atoms. The fourth-order valence-electron chi connectivity index (χ4n) is 2.75. The minimum Gasteiger partial charge on any atom is -0.378 e. The molecule has 1 N–H and O–H groups in total. The van der Waals surface area contributed by atoms with Crippen molar-refractivity contribution in [3.63, 3.8) is 0 Å². The van der Waals surface area contributed by atoms with Crippen LogP contribution >= 0.6 is 0 Å². The maximum atomic E-state index is 12.4. The molecule has 0 radical (unpaired) electrons. The Labute approximate surface area is 120 Å². The quantitative estimate of drug-likeness (QED) is 0.828. The Bertz CT molecular complexity index is 343. The molecule has 6 nitrogen and oxygen atoms in total. The van der Waals surface area contributed by atoms with E-state index >= 15 is 0 Å². The van der Waals surface area contributed by atoms with Gasteiger partial charge in [-0.2, -0.15) is 0 Å². The first-order chi connectivity index (χ1) is 9.72. The van der Waals surface area contributed by atoms with Gasteiger partial charge in [-0.3, -0.25) is 4.79 Å². The number of nitrogens with one attached hydrogen (secondary N) is 1. The minimum atomic E-state index is -0.0470. The summed E-state index contributed by atoms with van der Waals surface area (Å²) in [7, 11) is 0. The van der Waals surface area contributed by atoms with Gasteiger partial charge in [0.05, 0.1) is 19.1 Å². The van der Waals surface area contributed by atoms with Crippen LogP contribution in [0.1, 0.15) is 26.2 Å². The molecule has 2 rings (SSSR count). The van der Waals surface area contributed by atoms with Crippen molar-refractivity contribution in [3.05, 3.63) is 0 Å². The predicted octanol–water partition coefficient (Wildman–Crippen LogP) is 0.677. The van der Waals surface area contributed by atoms with E-state index in [2.05, 4.69) is 5.32 Å². The topological polar surface area (TPSA) is 61.9 Å². The van der Waals surface area contributed by atoms with Crippen LogP contribution in [0.25, 0.3) is 0 Å². The van der Waals surface area contributed by atoms with E-state index in [1.165, 1.54) is 0 Å². The lowest BCUT2D eigenvalue weighted by Crippen LogP contribution is -2.51. The first-order valence-electron chi connectivity index (χ1n) is 7.61. The molecule has 0 bridgehead atoms. The van der Waals surface area contributed by atoms with Crippen molar-refractivity contribution in [3.8, 4) is 0 Å². The summed E-state index contributed by atoms with van der Waals surface area (Å²) in [6.07, 6.45) is 2.71. The Balaban J connectivity index is 1.85. The number of morpholine rings is 1. The Kier molecular flexibility index (Phi) is 5.64. The molecular weight excluding hydrogens is 258 g/mol. The van der Waals surface area contributed by atoms with E-state index in [0.29, 0.717) is 39.4 Å². The van der Waals surface area contributed by atoms with E-state index in [0.717, 1.165) is 25.8 Å². The summed E-state index contributed by atoms with van der Waals surface area (Å²) in [6.45, 7) is 6.62. The van der Waals surface area contributed by atoms with Gasteiger partial charge in [-0.15, -0.1) is 0 Å². The fourth-order valence-corrected chi connectivity index (χ4v) is 2.75. The zero-order valence-corrected chi connectivity index (χ0v) is 12.3. The van der Waals surface area contributed by atoms with E-state index in [9.17, 15) is 9.59 Å². The largest absolute Gasteiger partial charge is 0.378 e. The first kappa shape index (κ1) is 15.1. The van der Waals surface area contributed by atoms with Gasteiger partial charge >= 0.3 is 6.03 Å².